The summed E-state index contributed by atoms with van der Waals surface area (Å²) in [4.78, 5) is 12.2. The van der Waals surface area contributed by atoms with Gasteiger partial charge in [0.2, 0.25) is 0 Å². The number of nitrogens with one attached hydrogen (secondary N) is 1. The fourth-order valence-electron chi connectivity index (χ4n) is 2.44. The molecular weight excluding hydrogens is 316 g/mol. The average molecular weight is 344 g/mol. The predicted octanol–water partition coefficient (Wildman–Crippen LogP) is 4.09. The highest BCUT2D eigenvalue weighted by molar-refractivity contribution is 6.02. The maximum atomic E-state index is 12.2. The minimum absolute atomic E-state index is 0.0643. The Labute approximate surface area is 150 Å². The minimum Gasteiger partial charge on any atom is -0.497 e. The smallest absolute Gasteiger partial charge is 0.261 e. The standard InChI is InChI=1S/C20H28N2O3/c1-4-5-6-7-8-9-12-22-20(23)17(15-21)13-16-10-11-18(24-2)14-19(16)25-3/h10-11,13-14H,4-9,12H2,1-3H3,(H,22,23)/b17-13+. The van der Waals surface area contributed by atoms with Crippen LogP contribution in [0.4, 0.5) is 0 Å². The highest BCUT2D eigenvalue weighted by Crippen LogP contribution is 2.26. The lowest BCUT2D eigenvalue weighted by Crippen LogP contribution is -2.25. The van der Waals surface area contributed by atoms with Gasteiger partial charge in [-0.25, -0.2) is 0 Å². The van der Waals surface area contributed by atoms with Crippen LogP contribution in [0.15, 0.2) is 23.8 Å². The molecule has 0 fully saturated rings. The van der Waals surface area contributed by atoms with Gasteiger partial charge in [0.25, 0.3) is 5.91 Å². The fraction of sp³-hybridized carbons (Fsp3) is 0.500. The first-order valence-corrected chi connectivity index (χ1v) is 8.78. The van der Waals surface area contributed by atoms with Crippen molar-refractivity contribution >= 4 is 12.0 Å². The number of rotatable bonds is 11. The van der Waals surface area contributed by atoms with Crippen LogP contribution in [0.3, 0.4) is 0 Å². The van der Waals surface area contributed by atoms with Crippen LogP contribution in [0.5, 0.6) is 11.5 Å². The molecule has 1 amide bonds. The molecule has 0 spiro atoms. The van der Waals surface area contributed by atoms with Gasteiger partial charge in [0.05, 0.1) is 14.2 Å². The highest BCUT2D eigenvalue weighted by Gasteiger charge is 2.11. The number of nitrogens with zero attached hydrogens (tertiary/aromatic N) is 1. The van der Waals surface area contributed by atoms with E-state index < -0.39 is 0 Å². The molecule has 1 rings (SSSR count). The van der Waals surface area contributed by atoms with Gasteiger partial charge in [-0.1, -0.05) is 39.0 Å². The zero-order valence-electron chi connectivity index (χ0n) is 15.4. The molecular formula is C20H28N2O3. The molecule has 0 aliphatic carbocycles. The van der Waals surface area contributed by atoms with Crippen molar-refractivity contribution in [2.45, 2.75) is 45.4 Å². The molecule has 1 aromatic carbocycles. The molecule has 0 atom stereocenters. The summed E-state index contributed by atoms with van der Waals surface area (Å²) in [6.45, 7) is 2.78. The number of amides is 1. The van der Waals surface area contributed by atoms with Crippen molar-refractivity contribution in [3.8, 4) is 17.6 Å². The lowest BCUT2D eigenvalue weighted by atomic mass is 10.1. The Morgan fingerprint density at radius 3 is 2.52 bits per heavy atom. The molecule has 0 heterocycles. The van der Waals surface area contributed by atoms with Crippen molar-refractivity contribution in [3.05, 3.63) is 29.3 Å². The van der Waals surface area contributed by atoms with Gasteiger partial charge >= 0.3 is 0 Å². The molecule has 1 aromatic rings. The number of benzene rings is 1. The van der Waals surface area contributed by atoms with Crippen LogP contribution < -0.4 is 14.8 Å². The monoisotopic (exact) mass is 344 g/mol. The van der Waals surface area contributed by atoms with Gasteiger partial charge in [0.1, 0.15) is 23.1 Å². The second kappa shape index (κ2) is 12.0. The summed E-state index contributed by atoms with van der Waals surface area (Å²) in [6.07, 6.45) is 8.48. The van der Waals surface area contributed by atoms with Crippen LogP contribution in [-0.4, -0.2) is 26.7 Å². The first-order valence-electron chi connectivity index (χ1n) is 8.78. The van der Waals surface area contributed by atoms with E-state index in [0.717, 1.165) is 12.8 Å². The Morgan fingerprint density at radius 1 is 1.16 bits per heavy atom. The summed E-state index contributed by atoms with van der Waals surface area (Å²) in [6, 6.07) is 7.20. The largest absolute Gasteiger partial charge is 0.497 e. The number of unbranched alkanes of at least 4 members (excludes halogenated alkanes) is 5. The summed E-state index contributed by atoms with van der Waals surface area (Å²) in [5, 5.41) is 12.1. The highest BCUT2D eigenvalue weighted by atomic mass is 16.5. The molecule has 0 radical (unpaired) electrons. The number of methoxy groups -OCH3 is 2. The minimum atomic E-state index is -0.353. The van der Waals surface area contributed by atoms with E-state index in [1.165, 1.54) is 38.9 Å². The Kier molecular flexibility index (Phi) is 9.84. The topological polar surface area (TPSA) is 71.4 Å². The van der Waals surface area contributed by atoms with E-state index >= 15 is 0 Å². The van der Waals surface area contributed by atoms with Gasteiger partial charge in [0, 0.05) is 18.2 Å². The van der Waals surface area contributed by atoms with E-state index in [2.05, 4.69) is 12.2 Å². The zero-order chi connectivity index (χ0) is 18.5. The maximum Gasteiger partial charge on any atom is 0.261 e. The molecule has 0 bridgehead atoms. The molecule has 25 heavy (non-hydrogen) atoms. The van der Waals surface area contributed by atoms with E-state index in [9.17, 15) is 10.1 Å². The number of carbonyl (C=O) groups is 1. The van der Waals surface area contributed by atoms with Gasteiger partial charge in [-0.3, -0.25) is 4.79 Å². The van der Waals surface area contributed by atoms with Crippen molar-refractivity contribution < 1.29 is 14.3 Å². The lowest BCUT2D eigenvalue weighted by Gasteiger charge is -2.08. The van der Waals surface area contributed by atoms with Crippen molar-refractivity contribution in [3.63, 3.8) is 0 Å². The predicted molar refractivity (Wildman–Crippen MR) is 99.5 cm³/mol. The van der Waals surface area contributed by atoms with E-state index in [1.54, 1.807) is 25.3 Å². The van der Waals surface area contributed by atoms with E-state index in [-0.39, 0.29) is 11.5 Å². The Balaban J connectivity index is 2.61. The molecule has 0 saturated heterocycles. The van der Waals surface area contributed by atoms with Crippen molar-refractivity contribution in [2.24, 2.45) is 0 Å². The van der Waals surface area contributed by atoms with Crippen LogP contribution in [0.2, 0.25) is 0 Å². The third kappa shape index (κ3) is 7.30. The van der Waals surface area contributed by atoms with Crippen LogP contribution in [0, 0.1) is 11.3 Å². The van der Waals surface area contributed by atoms with Crippen LogP contribution in [0.1, 0.15) is 51.0 Å². The Bertz CT molecular complexity index is 618. The lowest BCUT2D eigenvalue weighted by molar-refractivity contribution is -0.117. The summed E-state index contributed by atoms with van der Waals surface area (Å²) in [5.74, 6) is 0.852. The molecule has 0 saturated carbocycles. The normalized spacial score (nSPS) is 10.9. The third-order valence-electron chi connectivity index (χ3n) is 3.92. The molecule has 0 aliphatic rings. The molecule has 136 valence electrons. The SMILES string of the molecule is CCCCCCCCNC(=O)/C(C#N)=C/c1ccc(OC)cc1OC. The van der Waals surface area contributed by atoms with Crippen molar-refractivity contribution in [2.75, 3.05) is 20.8 Å². The summed E-state index contributed by atoms with van der Waals surface area (Å²) in [7, 11) is 3.11. The number of carbonyl (C=O) groups excluding carboxylic acids is 1. The number of nitriles is 1. The molecule has 0 aliphatic heterocycles. The van der Waals surface area contributed by atoms with Crippen LogP contribution in [0.25, 0.3) is 6.08 Å². The molecule has 1 N–H and O–H groups in total. The van der Waals surface area contributed by atoms with E-state index in [0.29, 0.717) is 23.6 Å². The average Bonchev–Trinajstić information content (AvgIpc) is 2.65. The second-order valence-corrected chi connectivity index (χ2v) is 5.80. The quantitative estimate of drug-likeness (QED) is 0.373. The Hall–Kier alpha value is -2.48. The van der Waals surface area contributed by atoms with Crippen molar-refractivity contribution in [1.29, 1.82) is 5.26 Å². The first kappa shape index (κ1) is 20.6. The van der Waals surface area contributed by atoms with Gasteiger partial charge in [-0.2, -0.15) is 5.26 Å². The molecule has 5 nitrogen and oxygen atoms in total. The number of hydrogen-bond donors (Lipinski definition) is 1. The van der Waals surface area contributed by atoms with Gasteiger partial charge < -0.3 is 14.8 Å². The summed E-state index contributed by atoms with van der Waals surface area (Å²) in [5.41, 5.74) is 0.726. The summed E-state index contributed by atoms with van der Waals surface area (Å²) < 4.78 is 10.4. The van der Waals surface area contributed by atoms with Gasteiger partial charge in [-0.15, -0.1) is 0 Å². The van der Waals surface area contributed by atoms with E-state index in [1.807, 2.05) is 6.07 Å². The molecule has 0 aromatic heterocycles. The third-order valence-corrected chi connectivity index (χ3v) is 3.92. The van der Waals surface area contributed by atoms with Gasteiger partial charge in [0.15, 0.2) is 0 Å². The number of hydrogen-bond acceptors (Lipinski definition) is 4. The van der Waals surface area contributed by atoms with Crippen molar-refractivity contribution in [1.82, 2.24) is 5.32 Å². The van der Waals surface area contributed by atoms with E-state index in [4.69, 9.17) is 9.47 Å². The first-order chi connectivity index (χ1) is 12.2. The molecule has 0 unspecified atom stereocenters. The number of ether oxygens (including phenoxy) is 2. The summed E-state index contributed by atoms with van der Waals surface area (Å²) >= 11 is 0. The second-order valence-electron chi connectivity index (χ2n) is 5.80. The molecule has 5 heteroatoms. The van der Waals surface area contributed by atoms with Crippen LogP contribution >= 0.6 is 0 Å². The Morgan fingerprint density at radius 2 is 1.88 bits per heavy atom. The zero-order valence-corrected chi connectivity index (χ0v) is 15.4. The maximum absolute atomic E-state index is 12.2. The fourth-order valence-corrected chi connectivity index (χ4v) is 2.44. The van der Waals surface area contributed by atoms with Crippen LogP contribution in [-0.2, 0) is 4.79 Å². The van der Waals surface area contributed by atoms with Gasteiger partial charge in [-0.05, 0) is 24.6 Å².